The van der Waals surface area contributed by atoms with E-state index in [1.807, 2.05) is 18.2 Å². The Hall–Kier alpha value is -4.40. The van der Waals surface area contributed by atoms with Crippen molar-refractivity contribution in [2.75, 3.05) is 61.6 Å². The minimum Gasteiger partial charge on any atom is -0.492 e. The van der Waals surface area contributed by atoms with Gasteiger partial charge in [-0.05, 0) is 35.9 Å². The number of nitrogens with one attached hydrogen (secondary N) is 3. The lowest BCUT2D eigenvalue weighted by Gasteiger charge is -2.39. The van der Waals surface area contributed by atoms with Crippen LogP contribution in [0.25, 0.3) is 5.70 Å². The van der Waals surface area contributed by atoms with E-state index in [0.29, 0.717) is 18.1 Å². The molecule has 53 heavy (non-hydrogen) atoms. The molecule has 0 radical (unpaired) electrons. The number of morpholine rings is 1. The summed E-state index contributed by atoms with van der Waals surface area (Å²) in [4.78, 5) is 29.9. The fourth-order valence-electron chi connectivity index (χ4n) is 6.23. The largest absolute Gasteiger partial charge is 0.492 e. The second kappa shape index (κ2) is 15.5. The number of urea groups is 1. The first kappa shape index (κ1) is 36.9. The van der Waals surface area contributed by atoms with E-state index in [1.54, 1.807) is 37.7 Å². The summed E-state index contributed by atoms with van der Waals surface area (Å²) >= 11 is 1.72. The van der Waals surface area contributed by atoms with Crippen LogP contribution < -0.4 is 25.6 Å². The molecule has 6 unspecified atom stereocenters. The highest BCUT2D eigenvalue weighted by Gasteiger charge is 2.48. The number of rotatable bonds is 12. The van der Waals surface area contributed by atoms with Gasteiger partial charge in [0.05, 0.1) is 31.2 Å². The number of carbonyl (C=O) groups excluding carboxylic acids is 1. The van der Waals surface area contributed by atoms with Gasteiger partial charge in [0.15, 0.2) is 23.7 Å². The summed E-state index contributed by atoms with van der Waals surface area (Å²) in [5, 5.41) is 52.3. The molecule has 4 aliphatic rings. The summed E-state index contributed by atoms with van der Waals surface area (Å²) in [6.45, 7) is 8.23. The van der Waals surface area contributed by atoms with Crippen LogP contribution in [-0.4, -0.2) is 125 Å². The van der Waals surface area contributed by atoms with Crippen molar-refractivity contribution in [3.63, 3.8) is 0 Å². The number of ether oxygens (including phenoxy) is 4. The Labute approximate surface area is 308 Å². The van der Waals surface area contributed by atoms with Gasteiger partial charge in [0.1, 0.15) is 36.4 Å². The molecule has 2 saturated heterocycles. The lowest BCUT2D eigenvalue weighted by molar-refractivity contribution is -0.296. The highest BCUT2D eigenvalue weighted by atomic mass is 32.2. The number of amides is 2. The van der Waals surface area contributed by atoms with E-state index in [0.717, 1.165) is 60.4 Å². The molecule has 2 aromatic carbocycles. The minimum atomic E-state index is -1.83. The average molecular weight is 755 g/mol. The first-order valence-electron chi connectivity index (χ1n) is 17.2. The Morgan fingerprint density at radius 1 is 1.04 bits per heavy atom. The van der Waals surface area contributed by atoms with Crippen LogP contribution in [-0.2, 0) is 24.4 Å². The molecule has 6 atom stereocenters. The maximum Gasteiger partial charge on any atom is 0.335 e. The molecule has 2 fully saturated rings. The first-order valence-corrected chi connectivity index (χ1v) is 18.0. The van der Waals surface area contributed by atoms with E-state index in [2.05, 4.69) is 49.2 Å². The van der Waals surface area contributed by atoms with Crippen molar-refractivity contribution in [3.8, 4) is 5.75 Å². The van der Waals surface area contributed by atoms with Gasteiger partial charge < -0.3 is 59.4 Å². The number of hydrogen-bond donors (Lipinski definition) is 7. The number of benzene rings is 2. The van der Waals surface area contributed by atoms with Crippen molar-refractivity contribution >= 4 is 46.7 Å². The molecule has 1 aromatic heterocycles. The number of aliphatic hydroxyl groups is 3. The predicted molar refractivity (Wildman–Crippen MR) is 191 cm³/mol. The molecule has 0 aliphatic carbocycles. The van der Waals surface area contributed by atoms with E-state index in [-0.39, 0.29) is 17.9 Å². The molecule has 3 aromatic rings. The van der Waals surface area contributed by atoms with Gasteiger partial charge in [0.25, 0.3) is 0 Å². The molecule has 7 rings (SSSR count). The Balaban J connectivity index is 0.888. The number of carboxylic acid groups (broad SMARTS) is 1. The molecule has 17 nitrogen and oxygen atoms in total. The van der Waals surface area contributed by atoms with Crippen LogP contribution in [0.5, 0.6) is 5.75 Å². The SMILES string of the molecule is CC(C)(COC1OC(C(=O)O)C(O)C(O)C1O)c1cc(NC(=O)Nc2ccc(C3=CN4c5ccc(OCCN6CCOCC6)cc5SC4N3)cc2)no1. The van der Waals surface area contributed by atoms with Crippen LogP contribution >= 0.6 is 11.8 Å². The Kier molecular flexibility index (Phi) is 10.8. The van der Waals surface area contributed by atoms with Crippen LogP contribution in [0.1, 0.15) is 25.2 Å². The molecule has 18 heteroatoms. The lowest BCUT2D eigenvalue weighted by Crippen LogP contribution is -2.60. The molecule has 284 valence electrons. The van der Waals surface area contributed by atoms with Crippen LogP contribution in [0.3, 0.4) is 0 Å². The van der Waals surface area contributed by atoms with E-state index in [4.69, 9.17) is 23.5 Å². The van der Waals surface area contributed by atoms with E-state index in [1.165, 1.54) is 6.07 Å². The number of aliphatic hydroxyl groups excluding tert-OH is 3. The van der Waals surface area contributed by atoms with Gasteiger partial charge in [-0.15, -0.1) is 0 Å². The Bertz CT molecular complexity index is 1820. The van der Waals surface area contributed by atoms with Gasteiger partial charge >= 0.3 is 12.0 Å². The monoisotopic (exact) mass is 754 g/mol. The number of hydrogen-bond acceptors (Lipinski definition) is 15. The lowest BCUT2D eigenvalue weighted by atomic mass is 9.91. The summed E-state index contributed by atoms with van der Waals surface area (Å²) in [6, 6.07) is 14.6. The number of nitrogens with zero attached hydrogens (tertiary/aromatic N) is 3. The minimum absolute atomic E-state index is 0.0227. The maximum atomic E-state index is 12.8. The summed E-state index contributed by atoms with van der Waals surface area (Å²) in [6.07, 6.45) is -6.52. The third-order valence-corrected chi connectivity index (χ3v) is 10.5. The number of anilines is 3. The molecule has 0 spiro atoms. The van der Waals surface area contributed by atoms with Gasteiger partial charge in [-0.2, -0.15) is 0 Å². The Morgan fingerprint density at radius 2 is 1.81 bits per heavy atom. The highest BCUT2D eigenvalue weighted by Crippen LogP contribution is 2.47. The van der Waals surface area contributed by atoms with Crippen LogP contribution in [0.15, 0.2) is 64.1 Å². The summed E-state index contributed by atoms with van der Waals surface area (Å²) in [7, 11) is 0. The normalized spacial score (nSPS) is 25.6. The summed E-state index contributed by atoms with van der Waals surface area (Å²) in [5.41, 5.74) is 2.71. The molecular formula is C35H42N6O11S. The molecule has 5 heterocycles. The summed E-state index contributed by atoms with van der Waals surface area (Å²) < 4.78 is 27.6. The topological polar surface area (TPSA) is 221 Å². The summed E-state index contributed by atoms with van der Waals surface area (Å²) in [5.74, 6) is -0.215. The molecule has 4 aliphatic heterocycles. The standard InChI is InChI=1S/C35H42N6O11S/c1-35(2,18-50-32-29(44)27(42)28(43)30(51-32)31(45)46)25-16-26(39-52-25)38-33(47)36-20-5-3-19(4-6-20)22-17-41-23-8-7-21(15-24(23)53-34(41)37-22)49-14-11-40-9-12-48-13-10-40/h3-8,15-17,27-30,32,34,37,42-44H,9-14,18H2,1-2H3,(H,45,46)(H2,36,38,39,47). The van der Waals surface area contributed by atoms with Crippen LogP contribution in [0, 0.1) is 0 Å². The molecule has 2 amide bonds. The second-order valence-electron chi connectivity index (χ2n) is 13.7. The average Bonchev–Trinajstić information content (AvgIpc) is 3.87. The number of aliphatic carboxylic acids is 1. The zero-order valence-electron chi connectivity index (χ0n) is 29.0. The Morgan fingerprint density at radius 3 is 2.57 bits per heavy atom. The number of thioether (sulfide) groups is 1. The number of aromatic nitrogens is 1. The molecular weight excluding hydrogens is 712 g/mol. The quantitative estimate of drug-likeness (QED) is 0.141. The third kappa shape index (κ3) is 8.24. The second-order valence-corrected chi connectivity index (χ2v) is 14.8. The molecule has 7 N–H and O–H groups in total. The van der Waals surface area contributed by atoms with Crippen molar-refractivity contribution < 1.29 is 53.5 Å². The van der Waals surface area contributed by atoms with Gasteiger partial charge in [0, 0.05) is 47.9 Å². The number of carbonyl (C=O) groups is 2. The van der Waals surface area contributed by atoms with Crippen molar-refractivity contribution in [1.82, 2.24) is 15.4 Å². The van der Waals surface area contributed by atoms with Crippen LogP contribution in [0.2, 0.25) is 0 Å². The fraction of sp³-hybridized carbons (Fsp3) is 0.457. The van der Waals surface area contributed by atoms with Gasteiger partial charge in [0.2, 0.25) is 0 Å². The predicted octanol–water partition coefficient (Wildman–Crippen LogP) is 2.01. The first-order chi connectivity index (χ1) is 25.4. The van der Waals surface area contributed by atoms with Gasteiger partial charge in [-0.3, -0.25) is 10.2 Å². The molecule has 0 saturated carbocycles. The van der Waals surface area contributed by atoms with Gasteiger partial charge in [-0.25, -0.2) is 9.59 Å². The highest BCUT2D eigenvalue weighted by molar-refractivity contribution is 8.00. The van der Waals surface area contributed by atoms with E-state index < -0.39 is 48.1 Å². The van der Waals surface area contributed by atoms with Crippen LogP contribution in [0.4, 0.5) is 22.0 Å². The maximum absolute atomic E-state index is 12.8. The van der Waals surface area contributed by atoms with E-state index >= 15 is 0 Å². The zero-order chi connectivity index (χ0) is 37.3. The van der Waals surface area contributed by atoms with Crippen molar-refractivity contribution in [3.05, 3.63) is 66.1 Å². The third-order valence-electron chi connectivity index (χ3n) is 9.32. The fourth-order valence-corrected chi connectivity index (χ4v) is 7.43. The number of fused-ring (bicyclic) bond motifs is 3. The van der Waals surface area contributed by atoms with Crippen molar-refractivity contribution in [2.45, 2.75) is 60.4 Å². The molecule has 0 bridgehead atoms. The number of carboxylic acids is 1. The van der Waals surface area contributed by atoms with Gasteiger partial charge in [-0.1, -0.05) is 42.9 Å². The van der Waals surface area contributed by atoms with E-state index in [9.17, 15) is 30.0 Å². The smallest absolute Gasteiger partial charge is 0.335 e. The zero-order valence-corrected chi connectivity index (χ0v) is 29.8. The van der Waals surface area contributed by atoms with Crippen molar-refractivity contribution in [2.24, 2.45) is 0 Å². The van der Waals surface area contributed by atoms with Crippen molar-refractivity contribution in [1.29, 1.82) is 0 Å².